The van der Waals surface area contributed by atoms with E-state index in [2.05, 4.69) is 16.5 Å². The van der Waals surface area contributed by atoms with Gasteiger partial charge in [0.05, 0.1) is 11.3 Å². The Bertz CT molecular complexity index is 945. The largest absolute Gasteiger partial charge is 0.492 e. The summed E-state index contributed by atoms with van der Waals surface area (Å²) in [6.45, 7) is 5.35. The average molecular weight is 370 g/mol. The number of hydrogen-bond donors (Lipinski definition) is 0. The molecule has 26 heavy (non-hydrogen) atoms. The van der Waals surface area contributed by atoms with Crippen LogP contribution < -0.4 is 14.3 Å². The van der Waals surface area contributed by atoms with Crippen LogP contribution in [0.25, 0.3) is 10.2 Å². The number of aromatic nitrogens is 1. The molecule has 3 aromatic rings. The van der Waals surface area contributed by atoms with Crippen LogP contribution in [0.5, 0.6) is 11.5 Å². The maximum Gasteiger partial charge on any atom is 0.286 e. The number of carbonyl (C=O) groups excluding carboxylic acids is 1. The molecule has 0 atom stereocenters. The number of carbonyl (C=O) groups is 1. The lowest BCUT2D eigenvalue weighted by Gasteiger charge is -2.08. The topological polar surface area (TPSA) is 52.8 Å². The number of para-hydroxylation sites is 2. The zero-order valence-corrected chi connectivity index (χ0v) is 15.8. The normalized spacial score (nSPS) is 11.7. The predicted octanol–water partition coefficient (Wildman–Crippen LogP) is 4.02. The first kappa shape index (κ1) is 18.2. The van der Waals surface area contributed by atoms with Gasteiger partial charge in [0.2, 0.25) is 0 Å². The molecule has 0 saturated carbocycles. The minimum atomic E-state index is -0.303. The van der Waals surface area contributed by atoms with E-state index in [-0.39, 0.29) is 12.5 Å². The molecule has 0 aliphatic carbocycles. The molecule has 0 radical (unpaired) electrons. The lowest BCUT2D eigenvalue weighted by molar-refractivity contribution is -0.120. The number of amides is 1. The third-order valence-electron chi connectivity index (χ3n) is 3.74. The zero-order valence-electron chi connectivity index (χ0n) is 15.0. The fourth-order valence-electron chi connectivity index (χ4n) is 2.69. The summed E-state index contributed by atoms with van der Waals surface area (Å²) in [5, 5.41) is 0. The van der Waals surface area contributed by atoms with Gasteiger partial charge in [-0.1, -0.05) is 42.5 Å². The second kappa shape index (κ2) is 8.67. The molecule has 0 N–H and O–H groups in total. The monoisotopic (exact) mass is 370 g/mol. The lowest BCUT2D eigenvalue weighted by Crippen LogP contribution is -2.19. The average Bonchev–Trinajstić information content (AvgIpc) is 3.00. The summed E-state index contributed by atoms with van der Waals surface area (Å²) in [4.78, 5) is 17.3. The molecular weight excluding hydrogens is 348 g/mol. The molecular formula is C20H22N2O3S. The molecule has 0 aliphatic heterocycles. The molecule has 0 spiro atoms. The summed E-state index contributed by atoms with van der Waals surface area (Å²) in [5.41, 5.74) is 0.997. The Balaban J connectivity index is 1.92. The second-order valence-electron chi connectivity index (χ2n) is 5.68. The Morgan fingerprint density at radius 2 is 1.88 bits per heavy atom. The van der Waals surface area contributed by atoms with Crippen molar-refractivity contribution < 1.29 is 14.3 Å². The summed E-state index contributed by atoms with van der Waals surface area (Å²) in [5.74, 6) is 1.18. The van der Waals surface area contributed by atoms with Gasteiger partial charge in [-0.2, -0.15) is 4.99 Å². The molecule has 1 amide bonds. The van der Waals surface area contributed by atoms with Crippen molar-refractivity contribution in [3.8, 4) is 11.5 Å². The molecule has 0 saturated heterocycles. The van der Waals surface area contributed by atoms with Crippen LogP contribution in [0.15, 0.2) is 53.5 Å². The Kier molecular flexibility index (Phi) is 6.07. The van der Waals surface area contributed by atoms with Gasteiger partial charge < -0.3 is 14.0 Å². The van der Waals surface area contributed by atoms with Gasteiger partial charge in [0, 0.05) is 6.54 Å². The van der Waals surface area contributed by atoms with Crippen molar-refractivity contribution in [1.82, 2.24) is 4.57 Å². The molecule has 0 fully saturated rings. The van der Waals surface area contributed by atoms with E-state index in [4.69, 9.17) is 9.47 Å². The summed E-state index contributed by atoms with van der Waals surface area (Å²) in [6, 6.07) is 15.2. The van der Waals surface area contributed by atoms with E-state index in [0.29, 0.717) is 17.2 Å². The van der Waals surface area contributed by atoms with Crippen molar-refractivity contribution in [2.45, 2.75) is 26.8 Å². The quantitative estimate of drug-likeness (QED) is 0.631. The summed E-state index contributed by atoms with van der Waals surface area (Å²) in [7, 11) is 0. The zero-order chi connectivity index (χ0) is 18.4. The number of benzene rings is 2. The fourth-order valence-corrected chi connectivity index (χ4v) is 3.78. The second-order valence-corrected chi connectivity index (χ2v) is 6.69. The van der Waals surface area contributed by atoms with E-state index in [1.165, 1.54) is 11.3 Å². The van der Waals surface area contributed by atoms with E-state index in [1.807, 2.05) is 55.5 Å². The highest BCUT2D eigenvalue weighted by Crippen LogP contribution is 2.27. The van der Waals surface area contributed by atoms with Gasteiger partial charge in [-0.3, -0.25) is 4.79 Å². The minimum absolute atomic E-state index is 0.0807. The lowest BCUT2D eigenvalue weighted by atomic mass is 10.3. The fraction of sp³-hybridized carbons (Fsp3) is 0.300. The first-order valence-corrected chi connectivity index (χ1v) is 9.55. The van der Waals surface area contributed by atoms with Crippen LogP contribution >= 0.6 is 11.3 Å². The summed E-state index contributed by atoms with van der Waals surface area (Å²) >= 11 is 1.49. The molecule has 1 heterocycles. The molecule has 1 aromatic heterocycles. The molecule has 136 valence electrons. The maximum absolute atomic E-state index is 12.3. The Hall–Kier alpha value is -2.60. The van der Waals surface area contributed by atoms with Crippen molar-refractivity contribution in [3.63, 3.8) is 0 Å². The third-order valence-corrected chi connectivity index (χ3v) is 4.78. The Labute approximate surface area is 156 Å². The van der Waals surface area contributed by atoms with E-state index >= 15 is 0 Å². The van der Waals surface area contributed by atoms with Gasteiger partial charge in [0.15, 0.2) is 11.4 Å². The van der Waals surface area contributed by atoms with E-state index in [1.54, 1.807) is 0 Å². The highest BCUT2D eigenvalue weighted by Gasteiger charge is 2.12. The Morgan fingerprint density at radius 3 is 2.62 bits per heavy atom. The van der Waals surface area contributed by atoms with Crippen LogP contribution in [-0.4, -0.2) is 23.7 Å². The van der Waals surface area contributed by atoms with Crippen molar-refractivity contribution in [2.75, 3.05) is 13.2 Å². The van der Waals surface area contributed by atoms with Gasteiger partial charge in [-0.25, -0.2) is 0 Å². The predicted molar refractivity (Wildman–Crippen MR) is 104 cm³/mol. The summed E-state index contributed by atoms with van der Waals surface area (Å²) in [6.07, 6.45) is 0.939. The van der Waals surface area contributed by atoms with Crippen LogP contribution in [0.2, 0.25) is 0 Å². The molecule has 6 heteroatoms. The highest BCUT2D eigenvalue weighted by molar-refractivity contribution is 7.16. The van der Waals surface area contributed by atoms with E-state index in [9.17, 15) is 4.79 Å². The van der Waals surface area contributed by atoms with Crippen LogP contribution in [0.1, 0.15) is 20.3 Å². The maximum atomic E-state index is 12.3. The van der Waals surface area contributed by atoms with E-state index in [0.717, 1.165) is 28.9 Å². The van der Waals surface area contributed by atoms with Gasteiger partial charge >= 0.3 is 0 Å². The standard InChI is InChI=1S/C20H22N2O3S/c1-3-13-22-19-16(24-4-2)11-8-12-17(19)26-20(22)21-18(23)14-25-15-9-6-5-7-10-15/h5-12H,3-4,13-14H2,1-2H3. The Morgan fingerprint density at radius 1 is 1.08 bits per heavy atom. The number of aryl methyl sites for hydroxylation is 1. The number of nitrogens with zero attached hydrogens (tertiary/aromatic N) is 2. The van der Waals surface area contributed by atoms with Crippen LogP contribution in [0.4, 0.5) is 0 Å². The molecule has 2 aromatic carbocycles. The number of fused-ring (bicyclic) bond motifs is 1. The van der Waals surface area contributed by atoms with Crippen molar-refractivity contribution in [3.05, 3.63) is 53.3 Å². The SMILES string of the molecule is CCCn1c(=NC(=O)COc2ccccc2)sc2cccc(OCC)c21. The van der Waals surface area contributed by atoms with Crippen LogP contribution in [-0.2, 0) is 11.3 Å². The van der Waals surface area contributed by atoms with Gasteiger partial charge in [-0.05, 0) is 37.6 Å². The molecule has 0 unspecified atom stereocenters. The van der Waals surface area contributed by atoms with Gasteiger partial charge in [0.1, 0.15) is 17.0 Å². The minimum Gasteiger partial charge on any atom is -0.492 e. The van der Waals surface area contributed by atoms with Gasteiger partial charge in [0.25, 0.3) is 5.91 Å². The molecule has 3 rings (SSSR count). The number of rotatable bonds is 7. The molecule has 0 bridgehead atoms. The first-order chi connectivity index (χ1) is 12.7. The highest BCUT2D eigenvalue weighted by atomic mass is 32.1. The summed E-state index contributed by atoms with van der Waals surface area (Å²) < 4.78 is 14.4. The van der Waals surface area contributed by atoms with Gasteiger partial charge in [-0.15, -0.1) is 0 Å². The van der Waals surface area contributed by atoms with Crippen LogP contribution in [0.3, 0.4) is 0 Å². The van der Waals surface area contributed by atoms with Crippen LogP contribution in [0, 0.1) is 0 Å². The van der Waals surface area contributed by atoms with Crippen molar-refractivity contribution >= 4 is 27.5 Å². The first-order valence-electron chi connectivity index (χ1n) is 8.73. The number of thiazole rings is 1. The molecule has 0 aliphatic rings. The van der Waals surface area contributed by atoms with E-state index < -0.39 is 0 Å². The third kappa shape index (κ3) is 4.14. The number of hydrogen-bond acceptors (Lipinski definition) is 4. The van der Waals surface area contributed by atoms with Crippen molar-refractivity contribution in [1.29, 1.82) is 0 Å². The van der Waals surface area contributed by atoms with Crippen molar-refractivity contribution in [2.24, 2.45) is 4.99 Å². The smallest absolute Gasteiger partial charge is 0.286 e. The number of ether oxygens (including phenoxy) is 2. The molecule has 5 nitrogen and oxygen atoms in total.